The van der Waals surface area contributed by atoms with Gasteiger partial charge in [-0.25, -0.2) is 18.3 Å². The Kier molecular flexibility index (Phi) is 13.6. The number of fused-ring (bicyclic) bond motifs is 12. The van der Waals surface area contributed by atoms with E-state index in [0.29, 0.717) is 16.7 Å². The van der Waals surface area contributed by atoms with E-state index in [2.05, 4.69) is 273 Å². The van der Waals surface area contributed by atoms with Gasteiger partial charge in [0.1, 0.15) is 28.2 Å². The van der Waals surface area contributed by atoms with Crippen LogP contribution in [-0.2, 0) is 34.6 Å². The molecule has 4 nitrogen and oxygen atoms in total. The maximum Gasteiger partial charge on any atom is 0.213 e. The van der Waals surface area contributed by atoms with E-state index in [1.165, 1.54) is 177 Å². The normalized spacial score (nSPS) is 13.6. The van der Waals surface area contributed by atoms with Crippen LogP contribution >= 0.6 is 0 Å². The van der Waals surface area contributed by atoms with E-state index in [4.69, 9.17) is 12.3 Å². The lowest BCUT2D eigenvalue weighted by atomic mass is 9.87. The fraction of sp³-hybridized carbons (Fsp3) is 0.160. The maximum absolute atomic E-state index is 7.69. The molecule has 0 unspecified atom stereocenters. The van der Waals surface area contributed by atoms with Crippen LogP contribution in [0.25, 0.3) is 177 Å². The van der Waals surface area contributed by atoms with Gasteiger partial charge in [-0.15, -0.1) is 0 Å². The summed E-state index contributed by atoms with van der Waals surface area (Å²) in [5.74, 6) is 0. The molecule has 0 saturated heterocycles. The van der Waals surface area contributed by atoms with Gasteiger partial charge in [-0.2, -0.15) is 0 Å². The third kappa shape index (κ3) is 11.0. The maximum atomic E-state index is 7.69. The molecule has 0 saturated carbocycles. The number of aromatic nitrogens is 4. The number of pyridine rings is 4. The highest BCUT2D eigenvalue weighted by molar-refractivity contribution is 6.20. The topological polar surface area (TPSA) is 15.5 Å². The highest BCUT2D eigenvalue weighted by Gasteiger charge is 2.32. The first kappa shape index (κ1) is 55.9. The minimum Gasteiger partial charge on any atom is -0.201 e. The average molecular weight is 1350 g/mol. The van der Waals surface area contributed by atoms with Crippen molar-refractivity contribution < 1.29 is 30.6 Å². The van der Waals surface area contributed by atoms with Crippen LogP contribution in [0.2, 0.25) is 0 Å². The van der Waals surface area contributed by atoms with Crippen molar-refractivity contribution in [1.29, 1.82) is 0 Å². The minimum absolute atomic E-state index is 0.279. The molecule has 0 fully saturated rings. The second kappa shape index (κ2) is 25.4. The van der Waals surface area contributed by atoms with E-state index in [-0.39, 0.29) is 5.41 Å². The molecule has 0 bridgehead atoms. The highest BCUT2D eigenvalue weighted by Crippen LogP contribution is 2.55. The van der Waals surface area contributed by atoms with E-state index in [0.717, 1.165) is 34.6 Å². The molecule has 4 heteroatoms. The van der Waals surface area contributed by atoms with E-state index >= 15 is 0 Å². The Balaban J connectivity index is 0.000000109. The van der Waals surface area contributed by atoms with Crippen LogP contribution < -0.4 is 18.3 Å². The third-order valence-corrected chi connectivity index (χ3v) is 22.0. The Morgan fingerprint density at radius 1 is 0.279 bits per heavy atom. The van der Waals surface area contributed by atoms with Gasteiger partial charge in [0.15, 0.2) is 24.8 Å². The van der Waals surface area contributed by atoms with Crippen molar-refractivity contribution in [2.24, 2.45) is 33.6 Å². The number of aryl methyl sites for hydroxylation is 9. The summed E-state index contributed by atoms with van der Waals surface area (Å²) in [5, 5.41) is 10.4. The molecule has 12 aromatic carbocycles. The van der Waals surface area contributed by atoms with E-state index < -0.39 is 20.6 Å². The van der Waals surface area contributed by atoms with E-state index in [9.17, 15) is 0 Å². The minimum atomic E-state index is -2.11. The average Bonchev–Trinajstić information content (AvgIpc) is 1.59. The van der Waals surface area contributed by atoms with Gasteiger partial charge in [0, 0.05) is 81.6 Å². The molecule has 20 rings (SSSR count). The summed E-state index contributed by atoms with van der Waals surface area (Å²) in [4.78, 5) is 0. The van der Waals surface area contributed by atoms with Crippen LogP contribution in [0.5, 0.6) is 0 Å². The van der Waals surface area contributed by atoms with Crippen molar-refractivity contribution in [2.45, 2.75) is 75.4 Å². The lowest BCUT2D eigenvalue weighted by Gasteiger charge is -2.18. The summed E-state index contributed by atoms with van der Waals surface area (Å²) in [6.45, 7) is 9.31. The number of hydrogen-bond donors (Lipinski definition) is 0. The zero-order chi connectivity index (χ0) is 79.2. The Morgan fingerprint density at radius 2 is 0.635 bits per heavy atom. The molecule has 4 aliphatic rings. The molecule has 16 aromatic rings. The highest BCUT2D eigenvalue weighted by atomic mass is 14.9. The monoisotopic (exact) mass is 1350 g/mol. The van der Waals surface area contributed by atoms with Crippen LogP contribution in [0.15, 0.2) is 267 Å². The van der Waals surface area contributed by atoms with Crippen molar-refractivity contribution in [3.63, 3.8) is 0 Å². The summed E-state index contributed by atoms with van der Waals surface area (Å²) in [6, 6.07) is 85.6. The molecule has 4 aliphatic carbocycles. The lowest BCUT2D eigenvalue weighted by molar-refractivity contribution is -0.660. The molecule has 0 amide bonds. The van der Waals surface area contributed by atoms with Crippen LogP contribution in [0.4, 0.5) is 0 Å². The predicted molar refractivity (Wildman–Crippen MR) is 436 cm³/mol. The third-order valence-electron chi connectivity index (χ3n) is 22.0. The quantitative estimate of drug-likeness (QED) is 0.153. The Morgan fingerprint density at radius 3 is 1.07 bits per heavy atom. The molecular weight excluding hydrogens is 1260 g/mol. The molecule has 4 aromatic heterocycles. The second-order valence-corrected chi connectivity index (χ2v) is 30.1. The Hall–Kier alpha value is -11.7. The van der Waals surface area contributed by atoms with Crippen LogP contribution in [0.1, 0.15) is 77.6 Å². The summed E-state index contributed by atoms with van der Waals surface area (Å²) in [7, 11) is 7.89. The Bertz CT molecular complexity index is 6590. The fourth-order valence-corrected chi connectivity index (χ4v) is 17.4. The second-order valence-electron chi connectivity index (χ2n) is 30.1. The molecule has 0 radical (unpaired) electrons. The van der Waals surface area contributed by atoms with Gasteiger partial charge >= 0.3 is 0 Å². The van der Waals surface area contributed by atoms with Gasteiger partial charge in [-0.1, -0.05) is 191 Å². The van der Waals surface area contributed by atoms with Gasteiger partial charge in [-0.05, 0) is 257 Å². The molecule has 0 N–H and O–H groups in total. The molecule has 104 heavy (non-hydrogen) atoms. The van der Waals surface area contributed by atoms with E-state index in [1.807, 2.05) is 53.0 Å². The van der Waals surface area contributed by atoms with Gasteiger partial charge in [0.05, 0.1) is 5.56 Å². The number of hydrogen-bond acceptors (Lipinski definition) is 0. The van der Waals surface area contributed by atoms with Gasteiger partial charge in [-0.3, -0.25) is 0 Å². The number of nitrogens with zero attached hydrogens (tertiary/aromatic N) is 4. The van der Waals surface area contributed by atoms with Gasteiger partial charge in [0.25, 0.3) is 0 Å². The SMILES string of the molecule is Cc1c(-c2cc(CC(C)(C)C)cc[n+]2C)ccc2c1-c1cccc3cccc-2c13.[2H]C([2H])([2H])c1ccc(-c2c(C)ccc3c2-c2cccc4cccc-3c24)[n+](C)c1.[2H]C([2H])([2H])c1ccc(-c2cc3c(cc2C)-c2cccc4cccc-3c24)[n+](C)c1.[2H]C([2H])([2H])c1ccc(-c2ccc3c(c2C)-c2cccc4cccc-3c24)[n+](C)c1. The van der Waals surface area contributed by atoms with Crippen molar-refractivity contribution in [3.05, 3.63) is 312 Å². The summed E-state index contributed by atoms with van der Waals surface area (Å²) < 4.78 is 77.0. The zero-order valence-corrected chi connectivity index (χ0v) is 60.9. The molecule has 0 atom stereocenters. The van der Waals surface area contributed by atoms with Crippen molar-refractivity contribution in [1.82, 2.24) is 0 Å². The molecule has 0 aliphatic heterocycles. The van der Waals surface area contributed by atoms with Gasteiger partial charge in [0.2, 0.25) is 22.8 Å². The lowest BCUT2D eigenvalue weighted by Crippen LogP contribution is -2.31. The predicted octanol–water partition coefficient (Wildman–Crippen LogP) is 23.7. The first-order valence-corrected chi connectivity index (χ1v) is 36.1. The molecule has 4 heterocycles. The van der Waals surface area contributed by atoms with Gasteiger partial charge < -0.3 is 0 Å². The molecule has 0 spiro atoms. The van der Waals surface area contributed by atoms with Crippen LogP contribution in [-0.4, -0.2) is 0 Å². The van der Waals surface area contributed by atoms with E-state index in [1.54, 1.807) is 36.8 Å². The van der Waals surface area contributed by atoms with Crippen molar-refractivity contribution >= 4 is 43.1 Å². The number of rotatable bonds is 5. The van der Waals surface area contributed by atoms with Crippen LogP contribution in [0, 0.1) is 53.7 Å². The summed E-state index contributed by atoms with van der Waals surface area (Å²) >= 11 is 0. The summed E-state index contributed by atoms with van der Waals surface area (Å²) in [5.41, 5.74) is 37.5. The standard InChI is InChI=1S/C28H28N.3C24H20N/c1-18-21(25-16-19(14-15-29(25)5)17-28(2,3)4)12-13-23-22-10-6-8-20-9-7-11-24(26(18)23)27(20)22;1-15-10-13-22(25(3)14-15)18-11-12-20-19-8-4-6-17-7-5-9-21(24(17)19)23(20)16(18)2;1-15-10-13-21(25(3)14-15)22-16(2)11-12-19-18-8-4-6-17-7-5-9-20(23(17)18)24(19)22;1-15-10-11-23(25(3)14-15)20-13-22-19-9-5-7-17-6-4-8-18(24(17)19)21(22)12-16(20)2/h6-16H,17H2,1-5H3;3*4-14H,1-3H3/q4*+1/i;3*1D3. The molecular formula is C100H88N4+4. The number of benzene rings is 12. The van der Waals surface area contributed by atoms with Crippen LogP contribution in [0.3, 0.4) is 0 Å². The van der Waals surface area contributed by atoms with Crippen molar-refractivity contribution in [2.75, 3.05) is 0 Å². The molecule has 504 valence electrons. The summed E-state index contributed by atoms with van der Waals surface area (Å²) in [6.07, 6.45) is 8.44. The fourth-order valence-electron chi connectivity index (χ4n) is 17.4. The Labute approximate surface area is 625 Å². The largest absolute Gasteiger partial charge is 0.213 e. The zero-order valence-electron chi connectivity index (χ0n) is 69.9. The first-order chi connectivity index (χ1) is 53.9. The van der Waals surface area contributed by atoms with Crippen molar-refractivity contribution in [3.8, 4) is 134 Å². The smallest absolute Gasteiger partial charge is 0.201 e. The first-order valence-electron chi connectivity index (χ1n) is 40.6.